The van der Waals surface area contributed by atoms with Crippen LogP contribution in [0.3, 0.4) is 0 Å². The fourth-order valence-electron chi connectivity index (χ4n) is 1.63. The van der Waals surface area contributed by atoms with Gasteiger partial charge in [0.25, 0.3) is 0 Å². The van der Waals surface area contributed by atoms with Crippen molar-refractivity contribution in [3.8, 4) is 0 Å². The summed E-state index contributed by atoms with van der Waals surface area (Å²) in [5.74, 6) is -0.795. The minimum Gasteiger partial charge on any atom is -0.481 e. The summed E-state index contributed by atoms with van der Waals surface area (Å²) < 4.78 is 4.95. The van der Waals surface area contributed by atoms with E-state index in [1.165, 1.54) is 0 Å². The molecule has 0 atom stereocenters. The molecule has 2 N–H and O–H groups in total. The Bertz CT molecular complexity index is 352. The molecule has 0 unspecified atom stereocenters. The molecule has 0 spiro atoms. The Morgan fingerprint density at radius 2 is 2.06 bits per heavy atom. The summed E-state index contributed by atoms with van der Waals surface area (Å²) in [6.07, 6.45) is 1.04. The van der Waals surface area contributed by atoms with E-state index in [1.54, 1.807) is 7.11 Å². The molecule has 0 bridgehead atoms. The minimum atomic E-state index is -0.795. The summed E-state index contributed by atoms with van der Waals surface area (Å²) in [5, 5.41) is 12.1. The average Bonchev–Trinajstić information content (AvgIpc) is 2.30. The molecule has 1 rings (SSSR count). The van der Waals surface area contributed by atoms with Crippen molar-refractivity contribution in [2.45, 2.75) is 19.4 Å². The zero-order valence-corrected chi connectivity index (χ0v) is 10.1. The number of carboxylic acid groups (broad SMARTS) is 1. The largest absolute Gasteiger partial charge is 0.481 e. The van der Waals surface area contributed by atoms with Gasteiger partial charge in [0.2, 0.25) is 0 Å². The number of hydrogen-bond acceptors (Lipinski definition) is 3. The molecule has 0 aromatic heterocycles. The second kappa shape index (κ2) is 7.81. The topological polar surface area (TPSA) is 58.6 Å². The van der Waals surface area contributed by atoms with Crippen molar-refractivity contribution in [1.82, 2.24) is 5.32 Å². The second-order valence-corrected chi connectivity index (χ2v) is 3.86. The van der Waals surface area contributed by atoms with Gasteiger partial charge in [0, 0.05) is 20.3 Å². The molecule has 1 aromatic carbocycles. The molecule has 0 saturated heterocycles. The van der Waals surface area contributed by atoms with E-state index in [-0.39, 0.29) is 6.42 Å². The van der Waals surface area contributed by atoms with Crippen molar-refractivity contribution < 1.29 is 14.6 Å². The molecule has 94 valence electrons. The molecule has 1 aromatic rings. The fourth-order valence-corrected chi connectivity index (χ4v) is 1.63. The summed E-state index contributed by atoms with van der Waals surface area (Å²) >= 11 is 0. The van der Waals surface area contributed by atoms with Crippen molar-refractivity contribution in [2.75, 3.05) is 20.3 Å². The number of nitrogens with one attached hydrogen (secondary N) is 1. The van der Waals surface area contributed by atoms with Crippen LogP contribution in [0.4, 0.5) is 0 Å². The molecular weight excluding hydrogens is 218 g/mol. The van der Waals surface area contributed by atoms with Crippen LogP contribution in [-0.4, -0.2) is 31.3 Å². The van der Waals surface area contributed by atoms with Crippen molar-refractivity contribution in [3.63, 3.8) is 0 Å². The maximum absolute atomic E-state index is 10.7. The Morgan fingerprint density at radius 3 is 2.71 bits per heavy atom. The van der Waals surface area contributed by atoms with E-state index in [4.69, 9.17) is 9.84 Å². The lowest BCUT2D eigenvalue weighted by Crippen LogP contribution is -2.17. The third kappa shape index (κ3) is 5.47. The number of benzene rings is 1. The predicted octanol–water partition coefficient (Wildman–Crippen LogP) is 1.44. The quantitative estimate of drug-likeness (QED) is 0.672. The summed E-state index contributed by atoms with van der Waals surface area (Å²) in [7, 11) is 1.68. The molecular formula is C13H19NO3. The van der Waals surface area contributed by atoms with Gasteiger partial charge in [-0.05, 0) is 24.1 Å². The van der Waals surface area contributed by atoms with Gasteiger partial charge < -0.3 is 15.2 Å². The smallest absolute Gasteiger partial charge is 0.307 e. The van der Waals surface area contributed by atoms with Gasteiger partial charge in [-0.2, -0.15) is 0 Å². The lowest BCUT2D eigenvalue weighted by atomic mass is 10.0. The van der Waals surface area contributed by atoms with Gasteiger partial charge in [-0.3, -0.25) is 4.79 Å². The number of carboxylic acids is 1. The highest BCUT2D eigenvalue weighted by Gasteiger charge is 2.05. The van der Waals surface area contributed by atoms with Crippen molar-refractivity contribution in [1.29, 1.82) is 0 Å². The monoisotopic (exact) mass is 237 g/mol. The number of carbonyl (C=O) groups is 1. The Kier molecular flexibility index (Phi) is 6.29. The van der Waals surface area contributed by atoms with E-state index in [0.717, 1.165) is 30.7 Å². The van der Waals surface area contributed by atoms with E-state index < -0.39 is 5.97 Å². The van der Waals surface area contributed by atoms with E-state index in [9.17, 15) is 4.79 Å². The third-order valence-corrected chi connectivity index (χ3v) is 2.48. The Labute approximate surface area is 102 Å². The lowest BCUT2D eigenvalue weighted by molar-refractivity contribution is -0.136. The van der Waals surface area contributed by atoms with Crippen LogP contribution >= 0.6 is 0 Å². The number of aliphatic carboxylic acids is 1. The molecule has 0 aliphatic rings. The maximum Gasteiger partial charge on any atom is 0.307 e. The summed E-state index contributed by atoms with van der Waals surface area (Å²) in [5.41, 5.74) is 1.92. The second-order valence-electron chi connectivity index (χ2n) is 3.86. The van der Waals surface area contributed by atoms with Gasteiger partial charge in [0.15, 0.2) is 0 Å². The number of hydrogen-bond donors (Lipinski definition) is 2. The number of ether oxygens (including phenoxy) is 1. The molecule has 0 saturated carbocycles. The van der Waals surface area contributed by atoms with Crippen LogP contribution in [0, 0.1) is 0 Å². The van der Waals surface area contributed by atoms with Crippen LogP contribution in [0.2, 0.25) is 0 Å². The first kappa shape index (κ1) is 13.7. The van der Waals surface area contributed by atoms with Gasteiger partial charge >= 0.3 is 5.97 Å². The Hall–Kier alpha value is -1.39. The molecule has 0 aliphatic heterocycles. The zero-order valence-electron chi connectivity index (χ0n) is 10.1. The Balaban J connectivity index is 2.43. The van der Waals surface area contributed by atoms with Crippen molar-refractivity contribution >= 4 is 5.97 Å². The van der Waals surface area contributed by atoms with Gasteiger partial charge in [-0.1, -0.05) is 24.3 Å². The first-order chi connectivity index (χ1) is 8.24. The zero-order chi connectivity index (χ0) is 12.5. The van der Waals surface area contributed by atoms with Crippen LogP contribution in [-0.2, 0) is 22.5 Å². The molecule has 0 amide bonds. The fraction of sp³-hybridized carbons (Fsp3) is 0.462. The van der Waals surface area contributed by atoms with Crippen LogP contribution in [0.15, 0.2) is 24.3 Å². The summed E-state index contributed by atoms with van der Waals surface area (Å²) in [4.78, 5) is 10.7. The predicted molar refractivity (Wildman–Crippen MR) is 66.0 cm³/mol. The van der Waals surface area contributed by atoms with E-state index in [0.29, 0.717) is 6.54 Å². The van der Waals surface area contributed by atoms with Gasteiger partial charge in [0.05, 0.1) is 6.42 Å². The maximum atomic E-state index is 10.7. The molecule has 0 aliphatic carbocycles. The van der Waals surface area contributed by atoms with Crippen LogP contribution in [0.25, 0.3) is 0 Å². The van der Waals surface area contributed by atoms with E-state index >= 15 is 0 Å². The molecule has 0 heterocycles. The van der Waals surface area contributed by atoms with Crippen LogP contribution < -0.4 is 5.32 Å². The number of rotatable bonds is 8. The van der Waals surface area contributed by atoms with Crippen molar-refractivity contribution in [2.24, 2.45) is 0 Å². The summed E-state index contributed by atoms with van der Waals surface area (Å²) in [6, 6.07) is 7.62. The molecule has 4 nitrogen and oxygen atoms in total. The summed E-state index contributed by atoms with van der Waals surface area (Å²) in [6.45, 7) is 2.31. The standard InChI is InChI=1S/C13H19NO3/c1-17-8-4-7-14-10-12-6-3-2-5-11(12)9-13(15)16/h2-3,5-6,14H,4,7-10H2,1H3,(H,15,16). The van der Waals surface area contributed by atoms with Crippen LogP contribution in [0.5, 0.6) is 0 Å². The average molecular weight is 237 g/mol. The van der Waals surface area contributed by atoms with Crippen LogP contribution in [0.1, 0.15) is 17.5 Å². The third-order valence-electron chi connectivity index (χ3n) is 2.48. The molecule has 17 heavy (non-hydrogen) atoms. The minimum absolute atomic E-state index is 0.0793. The first-order valence-corrected chi connectivity index (χ1v) is 5.72. The molecule has 0 fully saturated rings. The van der Waals surface area contributed by atoms with Crippen molar-refractivity contribution in [3.05, 3.63) is 35.4 Å². The Morgan fingerprint density at radius 1 is 1.35 bits per heavy atom. The van der Waals surface area contributed by atoms with Gasteiger partial charge in [-0.15, -0.1) is 0 Å². The van der Waals surface area contributed by atoms with Gasteiger partial charge in [-0.25, -0.2) is 0 Å². The van der Waals surface area contributed by atoms with E-state index in [2.05, 4.69) is 5.32 Å². The number of methoxy groups -OCH3 is 1. The van der Waals surface area contributed by atoms with E-state index in [1.807, 2.05) is 24.3 Å². The van der Waals surface area contributed by atoms with Gasteiger partial charge in [0.1, 0.15) is 0 Å². The highest BCUT2D eigenvalue weighted by Crippen LogP contribution is 2.09. The molecule has 0 radical (unpaired) electrons. The first-order valence-electron chi connectivity index (χ1n) is 5.72. The molecule has 4 heteroatoms. The SMILES string of the molecule is COCCCNCc1ccccc1CC(=O)O. The highest BCUT2D eigenvalue weighted by molar-refractivity contribution is 5.70. The lowest BCUT2D eigenvalue weighted by Gasteiger charge is -2.09. The highest BCUT2D eigenvalue weighted by atomic mass is 16.5. The normalized spacial score (nSPS) is 10.4.